The fourth-order valence-electron chi connectivity index (χ4n) is 3.16. The number of benzene rings is 1. The van der Waals surface area contributed by atoms with Gasteiger partial charge in [0.15, 0.2) is 0 Å². The molecule has 2 heterocycles. The molecule has 3 rings (SSSR count). The highest BCUT2D eigenvalue weighted by Gasteiger charge is 2.37. The Hall–Kier alpha value is -1.99. The van der Waals surface area contributed by atoms with Crippen molar-refractivity contribution in [3.05, 3.63) is 40.4 Å². The predicted molar refractivity (Wildman–Crippen MR) is 91.7 cm³/mol. The molecule has 0 aliphatic carbocycles. The molecular formula is C17H21N3O3S. The van der Waals surface area contributed by atoms with Crippen LogP contribution in [0.25, 0.3) is 0 Å². The van der Waals surface area contributed by atoms with Crippen molar-refractivity contribution < 1.29 is 14.3 Å². The number of carbonyl (C=O) groups is 1. The number of carbonyl (C=O) groups excluding carboxylic acids is 1. The van der Waals surface area contributed by atoms with Gasteiger partial charge in [0.25, 0.3) is 5.91 Å². The zero-order valence-corrected chi connectivity index (χ0v) is 14.7. The molecule has 0 atom stereocenters. The minimum atomic E-state index is -0.188. The molecule has 1 N–H and O–H groups in total. The summed E-state index contributed by atoms with van der Waals surface area (Å²) >= 11 is 1.12. The van der Waals surface area contributed by atoms with E-state index in [1.54, 1.807) is 14.0 Å². The summed E-state index contributed by atoms with van der Waals surface area (Å²) in [6.07, 6.45) is 1.68. The smallest absolute Gasteiger partial charge is 0.264 e. The Kier molecular flexibility index (Phi) is 5.11. The van der Waals surface area contributed by atoms with Crippen LogP contribution >= 0.6 is 11.5 Å². The van der Waals surface area contributed by atoms with Gasteiger partial charge >= 0.3 is 0 Å². The number of nitrogens with one attached hydrogen (secondary N) is 1. The first-order chi connectivity index (χ1) is 11.7. The summed E-state index contributed by atoms with van der Waals surface area (Å²) < 4.78 is 14.9. The highest BCUT2D eigenvalue weighted by molar-refractivity contribution is 7.07. The van der Waals surface area contributed by atoms with E-state index in [4.69, 9.17) is 9.47 Å². The van der Waals surface area contributed by atoms with E-state index in [1.165, 1.54) is 0 Å². The van der Waals surface area contributed by atoms with E-state index in [1.807, 2.05) is 18.2 Å². The molecule has 1 aromatic carbocycles. The number of nitrogens with zero attached hydrogens (tertiary/aromatic N) is 2. The first kappa shape index (κ1) is 16.9. The van der Waals surface area contributed by atoms with Crippen LogP contribution in [0.3, 0.4) is 0 Å². The number of aryl methyl sites for hydroxylation is 1. The Morgan fingerprint density at radius 1 is 1.38 bits per heavy atom. The summed E-state index contributed by atoms with van der Waals surface area (Å²) in [5, 5.41) is 6.97. The fourth-order valence-corrected chi connectivity index (χ4v) is 3.73. The van der Waals surface area contributed by atoms with Gasteiger partial charge < -0.3 is 14.8 Å². The van der Waals surface area contributed by atoms with Crippen molar-refractivity contribution in [1.82, 2.24) is 14.9 Å². The number of hydrogen-bond acceptors (Lipinski definition) is 6. The maximum Gasteiger partial charge on any atom is 0.264 e. The third kappa shape index (κ3) is 3.27. The van der Waals surface area contributed by atoms with E-state index < -0.39 is 0 Å². The Morgan fingerprint density at radius 2 is 2.12 bits per heavy atom. The van der Waals surface area contributed by atoms with Gasteiger partial charge in [0.05, 0.1) is 12.8 Å². The topological polar surface area (TPSA) is 73.3 Å². The molecule has 128 valence electrons. The normalized spacial score (nSPS) is 16.6. The molecule has 0 spiro atoms. The van der Waals surface area contributed by atoms with Crippen molar-refractivity contribution in [3.8, 4) is 5.75 Å². The zero-order chi connectivity index (χ0) is 17.0. The van der Waals surface area contributed by atoms with Crippen LogP contribution in [0.1, 0.15) is 33.8 Å². The number of ether oxygens (including phenoxy) is 2. The molecule has 6 nitrogen and oxygen atoms in total. The second-order valence-electron chi connectivity index (χ2n) is 5.96. The molecule has 1 saturated heterocycles. The molecule has 7 heteroatoms. The number of methoxy groups -OCH3 is 1. The van der Waals surface area contributed by atoms with Crippen molar-refractivity contribution in [2.75, 3.05) is 26.9 Å². The maximum atomic E-state index is 12.5. The molecule has 0 unspecified atom stereocenters. The number of amides is 1. The van der Waals surface area contributed by atoms with Gasteiger partial charge in [-0.15, -0.1) is 5.10 Å². The van der Waals surface area contributed by atoms with E-state index in [-0.39, 0.29) is 11.3 Å². The lowest BCUT2D eigenvalue weighted by Crippen LogP contribution is -2.44. The second kappa shape index (κ2) is 7.27. The second-order valence-corrected chi connectivity index (χ2v) is 6.72. The molecule has 0 radical (unpaired) electrons. The Labute approximate surface area is 145 Å². The number of hydrogen-bond donors (Lipinski definition) is 1. The highest BCUT2D eigenvalue weighted by Crippen LogP contribution is 2.39. The molecular weight excluding hydrogens is 326 g/mol. The van der Waals surface area contributed by atoms with Gasteiger partial charge in [-0.1, -0.05) is 22.7 Å². The summed E-state index contributed by atoms with van der Waals surface area (Å²) in [4.78, 5) is 13.0. The van der Waals surface area contributed by atoms with Gasteiger partial charge in [-0.3, -0.25) is 4.79 Å². The average molecular weight is 347 g/mol. The summed E-state index contributed by atoms with van der Waals surface area (Å²) in [6.45, 7) is 3.68. The molecule has 2 aromatic rings. The summed E-state index contributed by atoms with van der Waals surface area (Å²) in [5.41, 5.74) is 1.60. The third-order valence-electron chi connectivity index (χ3n) is 4.57. The summed E-state index contributed by atoms with van der Waals surface area (Å²) in [5.74, 6) is 0.729. The van der Waals surface area contributed by atoms with Crippen LogP contribution in [0.4, 0.5) is 0 Å². The molecule has 24 heavy (non-hydrogen) atoms. The largest absolute Gasteiger partial charge is 0.496 e. The molecule has 1 aliphatic rings. The van der Waals surface area contributed by atoms with E-state index in [0.29, 0.717) is 30.3 Å². The van der Waals surface area contributed by atoms with Crippen LogP contribution in [0.15, 0.2) is 24.3 Å². The molecule has 1 amide bonds. The average Bonchev–Trinajstić information content (AvgIpc) is 3.06. The fraction of sp³-hybridized carbons (Fsp3) is 0.471. The van der Waals surface area contributed by atoms with Crippen molar-refractivity contribution in [2.45, 2.75) is 25.2 Å². The van der Waals surface area contributed by atoms with E-state index in [2.05, 4.69) is 21.0 Å². The SMILES string of the molecule is COc1ccccc1C1(CNC(=O)c2snnc2C)CCOCC1. The monoisotopic (exact) mass is 347 g/mol. The van der Waals surface area contributed by atoms with Crippen LogP contribution in [0.5, 0.6) is 5.75 Å². The van der Waals surface area contributed by atoms with Crippen LogP contribution in [0, 0.1) is 6.92 Å². The highest BCUT2D eigenvalue weighted by atomic mass is 32.1. The summed E-state index contributed by atoms with van der Waals surface area (Å²) in [6, 6.07) is 8.01. The van der Waals surface area contributed by atoms with Gasteiger partial charge in [0.2, 0.25) is 0 Å². The van der Waals surface area contributed by atoms with Crippen molar-refractivity contribution in [3.63, 3.8) is 0 Å². The first-order valence-corrected chi connectivity index (χ1v) is 8.72. The van der Waals surface area contributed by atoms with Crippen LogP contribution in [-0.2, 0) is 10.2 Å². The standard InChI is InChI=1S/C17H21N3O3S/c1-12-15(24-20-19-12)16(21)18-11-17(7-9-23-10-8-17)13-5-3-4-6-14(13)22-2/h3-6H,7-11H2,1-2H3,(H,18,21). The quantitative estimate of drug-likeness (QED) is 0.899. The third-order valence-corrected chi connectivity index (χ3v) is 5.40. The van der Waals surface area contributed by atoms with Gasteiger partial charge in [0, 0.05) is 30.7 Å². The van der Waals surface area contributed by atoms with Gasteiger partial charge in [-0.2, -0.15) is 0 Å². The van der Waals surface area contributed by atoms with E-state index in [9.17, 15) is 4.79 Å². The molecule has 0 saturated carbocycles. The molecule has 1 aromatic heterocycles. The van der Waals surface area contributed by atoms with Crippen molar-refractivity contribution >= 4 is 17.4 Å². The van der Waals surface area contributed by atoms with Gasteiger partial charge in [-0.05, 0) is 37.4 Å². The lowest BCUT2D eigenvalue weighted by Gasteiger charge is -2.38. The first-order valence-electron chi connectivity index (χ1n) is 7.95. The lowest BCUT2D eigenvalue weighted by atomic mass is 9.73. The van der Waals surface area contributed by atoms with Gasteiger partial charge in [-0.25, -0.2) is 0 Å². The van der Waals surface area contributed by atoms with E-state index in [0.717, 1.165) is 35.7 Å². The van der Waals surface area contributed by atoms with Crippen LogP contribution < -0.4 is 10.1 Å². The maximum absolute atomic E-state index is 12.5. The Bertz CT molecular complexity index is 711. The molecule has 0 bridgehead atoms. The summed E-state index contributed by atoms with van der Waals surface area (Å²) in [7, 11) is 1.68. The van der Waals surface area contributed by atoms with E-state index >= 15 is 0 Å². The van der Waals surface area contributed by atoms with Gasteiger partial charge in [0.1, 0.15) is 10.6 Å². The predicted octanol–water partition coefficient (Wildman–Crippen LogP) is 2.33. The molecule has 1 aliphatic heterocycles. The van der Waals surface area contributed by atoms with Crippen LogP contribution in [0.2, 0.25) is 0 Å². The Balaban J connectivity index is 1.84. The minimum absolute atomic E-state index is 0.122. The zero-order valence-electron chi connectivity index (χ0n) is 13.9. The minimum Gasteiger partial charge on any atom is -0.496 e. The Morgan fingerprint density at radius 3 is 2.79 bits per heavy atom. The van der Waals surface area contributed by atoms with Crippen LogP contribution in [-0.4, -0.2) is 42.4 Å². The lowest BCUT2D eigenvalue weighted by molar-refractivity contribution is 0.0479. The van der Waals surface area contributed by atoms with Crippen molar-refractivity contribution in [1.29, 1.82) is 0 Å². The number of rotatable bonds is 5. The number of aromatic nitrogens is 2. The number of para-hydroxylation sites is 1. The molecule has 1 fully saturated rings. The van der Waals surface area contributed by atoms with Crippen molar-refractivity contribution in [2.24, 2.45) is 0 Å².